The van der Waals surface area contributed by atoms with E-state index in [-0.39, 0.29) is 12.1 Å². The molecule has 0 spiro atoms. The zero-order chi connectivity index (χ0) is 19.9. The molecule has 4 aromatic rings. The van der Waals surface area contributed by atoms with E-state index in [4.69, 9.17) is 0 Å². The number of hydrogen-bond donors (Lipinski definition) is 2. The second-order valence-corrected chi connectivity index (χ2v) is 6.52. The smallest absolute Gasteiger partial charge is 0.315 e. The van der Waals surface area contributed by atoms with Gasteiger partial charge in [-0.25, -0.2) is 9.78 Å². The molecular formula is C23H21N5O. The summed E-state index contributed by atoms with van der Waals surface area (Å²) in [5, 5.41) is 6.00. The van der Waals surface area contributed by atoms with Gasteiger partial charge in [0.05, 0.1) is 23.8 Å². The number of nitrogens with one attached hydrogen (secondary N) is 2. The predicted molar refractivity (Wildman–Crippen MR) is 111 cm³/mol. The fraction of sp³-hybridized carbons (Fsp3) is 0.0870. The van der Waals surface area contributed by atoms with Gasteiger partial charge in [0.2, 0.25) is 0 Å². The molecule has 6 heteroatoms. The first-order chi connectivity index (χ1) is 14.3. The Balaban J connectivity index is 1.49. The highest BCUT2D eigenvalue weighted by Crippen LogP contribution is 2.20. The van der Waals surface area contributed by atoms with E-state index in [0.717, 1.165) is 22.5 Å². The van der Waals surface area contributed by atoms with Crippen LogP contribution in [0.1, 0.15) is 22.9 Å². The highest BCUT2D eigenvalue weighted by atomic mass is 16.2. The van der Waals surface area contributed by atoms with Gasteiger partial charge in [-0.05, 0) is 29.3 Å². The molecule has 2 heterocycles. The molecule has 2 amide bonds. The second kappa shape index (κ2) is 8.84. The molecule has 0 saturated heterocycles. The van der Waals surface area contributed by atoms with Crippen molar-refractivity contribution in [3.8, 4) is 5.69 Å². The van der Waals surface area contributed by atoms with E-state index in [1.54, 1.807) is 18.7 Å². The van der Waals surface area contributed by atoms with Gasteiger partial charge in [-0.15, -0.1) is 0 Å². The highest BCUT2D eigenvalue weighted by Gasteiger charge is 2.17. The molecule has 0 aliphatic rings. The van der Waals surface area contributed by atoms with Gasteiger partial charge >= 0.3 is 6.03 Å². The van der Waals surface area contributed by atoms with Gasteiger partial charge in [0.25, 0.3) is 0 Å². The number of pyridine rings is 1. The van der Waals surface area contributed by atoms with Crippen LogP contribution in [0.5, 0.6) is 0 Å². The number of benzene rings is 2. The van der Waals surface area contributed by atoms with Gasteiger partial charge in [-0.1, -0.05) is 54.6 Å². The molecule has 2 aromatic heterocycles. The Morgan fingerprint density at radius 3 is 2.48 bits per heavy atom. The fourth-order valence-corrected chi connectivity index (χ4v) is 3.19. The number of amides is 2. The highest BCUT2D eigenvalue weighted by molar-refractivity contribution is 5.75. The van der Waals surface area contributed by atoms with Crippen molar-refractivity contribution in [3.63, 3.8) is 0 Å². The first-order valence-corrected chi connectivity index (χ1v) is 9.38. The van der Waals surface area contributed by atoms with Crippen molar-refractivity contribution < 1.29 is 4.79 Å². The molecule has 0 radical (unpaired) electrons. The average Bonchev–Trinajstić information content (AvgIpc) is 3.32. The summed E-state index contributed by atoms with van der Waals surface area (Å²) in [5.41, 5.74) is 3.73. The Hall–Kier alpha value is -3.93. The lowest BCUT2D eigenvalue weighted by atomic mass is 10.0. The van der Waals surface area contributed by atoms with Gasteiger partial charge < -0.3 is 15.2 Å². The number of carbonyl (C=O) groups is 1. The van der Waals surface area contributed by atoms with Crippen molar-refractivity contribution in [1.29, 1.82) is 0 Å². The van der Waals surface area contributed by atoms with Crippen LogP contribution < -0.4 is 10.6 Å². The summed E-state index contributed by atoms with van der Waals surface area (Å²) < 4.78 is 1.93. The minimum absolute atomic E-state index is 0.259. The first kappa shape index (κ1) is 18.4. The standard InChI is InChI=1S/C23H21N5O/c29-23(26-16-19-10-4-5-12-21(19)28-15-14-24-17-28)27-22(18-8-2-1-3-9-18)20-11-6-7-13-25-20/h1-15,17,22H,16H2,(H2,26,27,29). The van der Waals surface area contributed by atoms with E-state index in [1.807, 2.05) is 83.6 Å². The molecular weight excluding hydrogens is 362 g/mol. The number of aromatic nitrogens is 3. The third kappa shape index (κ3) is 4.50. The second-order valence-electron chi connectivity index (χ2n) is 6.52. The van der Waals surface area contributed by atoms with Crippen molar-refractivity contribution in [2.75, 3.05) is 0 Å². The number of carbonyl (C=O) groups excluding carboxylic acids is 1. The Bertz CT molecular complexity index is 1010. The summed E-state index contributed by atoms with van der Waals surface area (Å²) in [6.07, 6.45) is 7.08. The molecule has 0 bridgehead atoms. The summed E-state index contributed by atoms with van der Waals surface area (Å²) in [4.78, 5) is 21.2. The van der Waals surface area contributed by atoms with Gasteiger partial charge in [0.1, 0.15) is 0 Å². The Morgan fingerprint density at radius 1 is 0.931 bits per heavy atom. The van der Waals surface area contributed by atoms with Crippen LogP contribution in [0.2, 0.25) is 0 Å². The average molecular weight is 383 g/mol. The predicted octanol–water partition coefficient (Wildman–Crippen LogP) is 3.86. The molecule has 1 atom stereocenters. The zero-order valence-electron chi connectivity index (χ0n) is 15.8. The summed E-state index contributed by atoms with van der Waals surface area (Å²) >= 11 is 0. The van der Waals surface area contributed by atoms with Crippen molar-refractivity contribution in [3.05, 3.63) is 115 Å². The number of hydrogen-bond acceptors (Lipinski definition) is 3. The van der Waals surface area contributed by atoms with Crippen LogP contribution in [0.15, 0.2) is 97.7 Å². The molecule has 0 fully saturated rings. The number of nitrogens with zero attached hydrogens (tertiary/aromatic N) is 3. The van der Waals surface area contributed by atoms with E-state index in [2.05, 4.69) is 20.6 Å². The third-order valence-corrected chi connectivity index (χ3v) is 4.61. The van der Waals surface area contributed by atoms with E-state index in [0.29, 0.717) is 6.54 Å². The summed E-state index contributed by atoms with van der Waals surface area (Å²) in [6.45, 7) is 0.393. The minimum atomic E-state index is -0.332. The molecule has 2 N–H and O–H groups in total. The summed E-state index contributed by atoms with van der Waals surface area (Å²) in [5.74, 6) is 0. The lowest BCUT2D eigenvalue weighted by Crippen LogP contribution is -2.38. The van der Waals surface area contributed by atoms with Gasteiger partial charge in [0, 0.05) is 25.1 Å². The molecule has 0 saturated carbocycles. The van der Waals surface area contributed by atoms with Crippen LogP contribution in [0.4, 0.5) is 4.79 Å². The molecule has 0 aliphatic carbocycles. The minimum Gasteiger partial charge on any atom is -0.334 e. The summed E-state index contributed by atoms with van der Waals surface area (Å²) in [6, 6.07) is 22.8. The number of imidazole rings is 1. The van der Waals surface area contributed by atoms with E-state index in [9.17, 15) is 4.79 Å². The molecule has 2 aromatic carbocycles. The van der Waals surface area contributed by atoms with Crippen LogP contribution in [-0.2, 0) is 6.54 Å². The molecule has 29 heavy (non-hydrogen) atoms. The Labute approximate surface area is 169 Å². The van der Waals surface area contributed by atoms with Crippen molar-refractivity contribution in [2.45, 2.75) is 12.6 Å². The maximum Gasteiger partial charge on any atom is 0.315 e. The van der Waals surface area contributed by atoms with Gasteiger partial charge in [-0.3, -0.25) is 4.98 Å². The normalized spacial score (nSPS) is 11.6. The number of urea groups is 1. The zero-order valence-corrected chi connectivity index (χ0v) is 15.8. The van der Waals surface area contributed by atoms with Crippen molar-refractivity contribution in [1.82, 2.24) is 25.2 Å². The maximum atomic E-state index is 12.7. The number of para-hydroxylation sites is 1. The van der Waals surface area contributed by atoms with E-state index >= 15 is 0 Å². The fourth-order valence-electron chi connectivity index (χ4n) is 3.19. The Kier molecular flexibility index (Phi) is 5.62. The van der Waals surface area contributed by atoms with Crippen molar-refractivity contribution >= 4 is 6.03 Å². The van der Waals surface area contributed by atoms with Gasteiger partial charge in [-0.2, -0.15) is 0 Å². The van der Waals surface area contributed by atoms with Crippen LogP contribution in [-0.4, -0.2) is 20.6 Å². The molecule has 4 rings (SSSR count). The monoisotopic (exact) mass is 383 g/mol. The van der Waals surface area contributed by atoms with Crippen LogP contribution in [0.25, 0.3) is 5.69 Å². The largest absolute Gasteiger partial charge is 0.334 e. The Morgan fingerprint density at radius 2 is 1.72 bits per heavy atom. The van der Waals surface area contributed by atoms with Crippen LogP contribution >= 0.6 is 0 Å². The SMILES string of the molecule is O=C(NCc1ccccc1-n1ccnc1)NC(c1ccccc1)c1ccccn1. The third-order valence-electron chi connectivity index (χ3n) is 4.61. The molecule has 144 valence electrons. The molecule has 6 nitrogen and oxygen atoms in total. The first-order valence-electron chi connectivity index (χ1n) is 9.38. The van der Waals surface area contributed by atoms with Crippen molar-refractivity contribution in [2.24, 2.45) is 0 Å². The molecule has 0 aliphatic heterocycles. The quantitative estimate of drug-likeness (QED) is 0.531. The lowest BCUT2D eigenvalue weighted by molar-refractivity contribution is 0.238. The van der Waals surface area contributed by atoms with E-state index < -0.39 is 0 Å². The maximum absolute atomic E-state index is 12.7. The van der Waals surface area contributed by atoms with Crippen LogP contribution in [0, 0.1) is 0 Å². The van der Waals surface area contributed by atoms with E-state index in [1.165, 1.54) is 0 Å². The van der Waals surface area contributed by atoms with Crippen LogP contribution in [0.3, 0.4) is 0 Å². The lowest BCUT2D eigenvalue weighted by Gasteiger charge is -2.19. The topological polar surface area (TPSA) is 71.8 Å². The summed E-state index contributed by atoms with van der Waals surface area (Å²) in [7, 11) is 0. The van der Waals surface area contributed by atoms with Gasteiger partial charge in [0.15, 0.2) is 0 Å². The molecule has 1 unspecified atom stereocenters. The number of rotatable bonds is 6.